The summed E-state index contributed by atoms with van der Waals surface area (Å²) < 4.78 is 4.28. The van der Waals surface area contributed by atoms with Crippen LogP contribution in [-0.2, 0) is 19.1 Å². The number of hydrogen-bond acceptors (Lipinski definition) is 5. The van der Waals surface area contributed by atoms with Crippen LogP contribution in [0, 0.1) is 0 Å². The molecule has 0 aliphatic carbocycles. The summed E-state index contributed by atoms with van der Waals surface area (Å²) in [5.41, 5.74) is -0.406. The Bertz CT molecular complexity index is 341. The Labute approximate surface area is 91.8 Å². The van der Waals surface area contributed by atoms with E-state index >= 15 is 0 Å². The fourth-order valence-corrected chi connectivity index (χ4v) is 0.720. The van der Waals surface area contributed by atoms with Crippen LogP contribution in [0.2, 0.25) is 0 Å². The second kappa shape index (κ2) is 6.52. The molecule has 0 aliphatic heterocycles. The zero-order valence-corrected chi connectivity index (χ0v) is 8.56. The van der Waals surface area contributed by atoms with Gasteiger partial charge in [0.1, 0.15) is 0 Å². The maximum atomic E-state index is 11.1. The molecule has 0 saturated heterocycles. The molecule has 0 saturated carbocycles. The number of rotatable bonds is 6. The molecule has 6 heteroatoms. The van der Waals surface area contributed by atoms with Crippen molar-refractivity contribution in [1.82, 2.24) is 0 Å². The van der Waals surface area contributed by atoms with Crippen LogP contribution in [0.1, 0.15) is 12.8 Å². The molecule has 0 spiro atoms. The van der Waals surface area contributed by atoms with Gasteiger partial charge in [0.15, 0.2) is 0 Å². The van der Waals surface area contributed by atoms with Crippen molar-refractivity contribution in [1.29, 1.82) is 0 Å². The van der Waals surface area contributed by atoms with Crippen LogP contribution in [0.15, 0.2) is 24.3 Å². The van der Waals surface area contributed by atoms with Gasteiger partial charge in [0, 0.05) is 24.2 Å². The minimum absolute atomic E-state index is 0.0163. The molecule has 0 aromatic rings. The molecule has 0 radical (unpaired) electrons. The Morgan fingerprint density at radius 3 is 2.00 bits per heavy atom. The Kier molecular flexibility index (Phi) is 5.72. The average Bonchev–Trinajstić information content (AvgIpc) is 2.16. The molecule has 0 aromatic carbocycles. The van der Waals surface area contributed by atoms with Crippen LogP contribution in [-0.4, -0.2) is 34.7 Å². The number of carboxylic acid groups (broad SMARTS) is 1. The van der Waals surface area contributed by atoms with E-state index in [1.807, 2.05) is 0 Å². The Morgan fingerprint density at radius 2 is 1.56 bits per heavy atom. The average molecular weight is 228 g/mol. The molecule has 0 rings (SSSR count). The van der Waals surface area contributed by atoms with E-state index in [-0.39, 0.29) is 24.2 Å². The van der Waals surface area contributed by atoms with Gasteiger partial charge >= 0.3 is 17.9 Å². The number of aliphatic hydroxyl groups is 1. The molecule has 16 heavy (non-hydrogen) atoms. The fourth-order valence-electron chi connectivity index (χ4n) is 0.720. The highest BCUT2D eigenvalue weighted by molar-refractivity contribution is 6.02. The first-order valence-corrected chi connectivity index (χ1v) is 4.33. The summed E-state index contributed by atoms with van der Waals surface area (Å²) in [6, 6.07) is 0. The summed E-state index contributed by atoms with van der Waals surface area (Å²) in [6.07, 6.45) is -0.615. The van der Waals surface area contributed by atoms with Crippen molar-refractivity contribution in [2.24, 2.45) is 0 Å². The minimum atomic E-state index is -1.25. The molecular formula is C10H12O6. The van der Waals surface area contributed by atoms with Crippen molar-refractivity contribution in [3.8, 4) is 0 Å². The number of aliphatic carboxylic acids is 1. The lowest BCUT2D eigenvalue weighted by atomic mass is 10.2. The van der Waals surface area contributed by atoms with E-state index in [0.717, 1.165) is 0 Å². The van der Waals surface area contributed by atoms with Crippen molar-refractivity contribution < 1.29 is 29.3 Å². The van der Waals surface area contributed by atoms with Crippen LogP contribution < -0.4 is 0 Å². The quantitative estimate of drug-likeness (QED) is 0.377. The van der Waals surface area contributed by atoms with E-state index in [2.05, 4.69) is 17.9 Å². The van der Waals surface area contributed by atoms with Crippen molar-refractivity contribution in [2.75, 3.05) is 6.61 Å². The SMILES string of the molecule is C=C(CCO)C(=O)OC(=O)C(=C)CC(=O)O. The van der Waals surface area contributed by atoms with E-state index < -0.39 is 24.3 Å². The second-order valence-corrected chi connectivity index (χ2v) is 2.93. The molecule has 88 valence electrons. The maximum absolute atomic E-state index is 11.1. The van der Waals surface area contributed by atoms with Gasteiger partial charge in [-0.25, -0.2) is 9.59 Å². The first-order valence-electron chi connectivity index (χ1n) is 4.33. The Morgan fingerprint density at radius 1 is 1.06 bits per heavy atom. The highest BCUT2D eigenvalue weighted by atomic mass is 16.6. The predicted molar refractivity (Wildman–Crippen MR) is 53.3 cm³/mol. The van der Waals surface area contributed by atoms with Crippen molar-refractivity contribution in [3.63, 3.8) is 0 Å². The van der Waals surface area contributed by atoms with Crippen LogP contribution in [0.3, 0.4) is 0 Å². The van der Waals surface area contributed by atoms with Gasteiger partial charge in [0.25, 0.3) is 0 Å². The monoisotopic (exact) mass is 228 g/mol. The summed E-state index contributed by atoms with van der Waals surface area (Å²) in [4.78, 5) is 32.4. The van der Waals surface area contributed by atoms with Crippen molar-refractivity contribution >= 4 is 17.9 Å². The number of carbonyl (C=O) groups excluding carboxylic acids is 2. The molecule has 6 nitrogen and oxygen atoms in total. The Balaban J connectivity index is 4.24. The molecular weight excluding hydrogens is 216 g/mol. The van der Waals surface area contributed by atoms with Gasteiger partial charge in [0.2, 0.25) is 0 Å². The van der Waals surface area contributed by atoms with E-state index in [0.29, 0.717) is 0 Å². The number of aliphatic hydroxyl groups excluding tert-OH is 1. The lowest BCUT2D eigenvalue weighted by Crippen LogP contribution is -2.17. The predicted octanol–water partition coefficient (Wildman–Crippen LogP) is 0.0257. The van der Waals surface area contributed by atoms with Crippen molar-refractivity contribution in [2.45, 2.75) is 12.8 Å². The summed E-state index contributed by atoms with van der Waals surface area (Å²) in [7, 11) is 0. The molecule has 0 heterocycles. The number of ether oxygens (including phenoxy) is 1. The molecule has 0 aromatic heterocycles. The topological polar surface area (TPSA) is 101 Å². The van der Waals surface area contributed by atoms with Crippen LogP contribution in [0.25, 0.3) is 0 Å². The number of esters is 2. The zero-order valence-electron chi connectivity index (χ0n) is 8.56. The molecule has 0 bridgehead atoms. The van der Waals surface area contributed by atoms with E-state index in [4.69, 9.17) is 10.2 Å². The summed E-state index contributed by atoms with van der Waals surface area (Å²) in [5.74, 6) is -3.35. The van der Waals surface area contributed by atoms with Crippen LogP contribution >= 0.6 is 0 Å². The van der Waals surface area contributed by atoms with Gasteiger partial charge in [-0.2, -0.15) is 0 Å². The molecule has 0 fully saturated rings. The largest absolute Gasteiger partial charge is 0.481 e. The standard InChI is InChI=1S/C10H12O6/c1-6(3-4-11)9(14)16-10(15)7(2)5-8(12)13/h11H,1-5H2,(H,12,13). The van der Waals surface area contributed by atoms with Gasteiger partial charge in [0.05, 0.1) is 6.42 Å². The third-order valence-electron chi connectivity index (χ3n) is 1.54. The van der Waals surface area contributed by atoms with Gasteiger partial charge < -0.3 is 14.9 Å². The first kappa shape index (κ1) is 14.1. The fraction of sp³-hybridized carbons (Fsp3) is 0.300. The normalized spacial score (nSPS) is 9.31. The van der Waals surface area contributed by atoms with E-state index in [9.17, 15) is 14.4 Å². The minimum Gasteiger partial charge on any atom is -0.481 e. The summed E-state index contributed by atoms with van der Waals surface area (Å²) in [5, 5.41) is 16.9. The molecule has 0 aliphatic rings. The van der Waals surface area contributed by atoms with Gasteiger partial charge in [-0.3, -0.25) is 4.79 Å². The lowest BCUT2D eigenvalue weighted by molar-refractivity contribution is -0.155. The highest BCUT2D eigenvalue weighted by Gasteiger charge is 2.17. The highest BCUT2D eigenvalue weighted by Crippen LogP contribution is 2.05. The van der Waals surface area contributed by atoms with E-state index in [1.54, 1.807) is 0 Å². The van der Waals surface area contributed by atoms with Gasteiger partial charge in [-0.1, -0.05) is 13.2 Å². The second-order valence-electron chi connectivity index (χ2n) is 2.93. The molecule has 2 N–H and O–H groups in total. The molecule has 0 amide bonds. The van der Waals surface area contributed by atoms with Crippen LogP contribution in [0.5, 0.6) is 0 Å². The number of hydrogen-bond donors (Lipinski definition) is 2. The van der Waals surface area contributed by atoms with E-state index in [1.165, 1.54) is 0 Å². The Hall–Kier alpha value is -1.95. The summed E-state index contributed by atoms with van der Waals surface area (Å²) in [6.45, 7) is 6.16. The smallest absolute Gasteiger partial charge is 0.341 e. The third kappa shape index (κ3) is 5.06. The lowest BCUT2D eigenvalue weighted by Gasteiger charge is -2.04. The maximum Gasteiger partial charge on any atom is 0.341 e. The number of carbonyl (C=O) groups is 3. The van der Waals surface area contributed by atoms with Crippen LogP contribution in [0.4, 0.5) is 0 Å². The molecule has 0 atom stereocenters. The zero-order chi connectivity index (χ0) is 12.7. The van der Waals surface area contributed by atoms with Gasteiger partial charge in [-0.15, -0.1) is 0 Å². The van der Waals surface area contributed by atoms with Crippen molar-refractivity contribution in [3.05, 3.63) is 24.3 Å². The summed E-state index contributed by atoms with van der Waals surface area (Å²) >= 11 is 0. The third-order valence-corrected chi connectivity index (χ3v) is 1.54. The van der Waals surface area contributed by atoms with Gasteiger partial charge in [-0.05, 0) is 0 Å². The number of carboxylic acids is 1. The molecule has 0 unspecified atom stereocenters. The first-order chi connectivity index (χ1) is 7.38.